The summed E-state index contributed by atoms with van der Waals surface area (Å²) in [6, 6.07) is 26.8. The molecule has 11 rings (SSSR count). The predicted molar refractivity (Wildman–Crippen MR) is 394 cm³/mol. The number of phosphoric ester groups is 2. The summed E-state index contributed by atoms with van der Waals surface area (Å²) in [5, 5.41) is 45.6. The Hall–Kier alpha value is -10.8. The van der Waals surface area contributed by atoms with Crippen LogP contribution in [0.4, 0.5) is 11.5 Å². The number of amides is 4. The first-order valence-electron chi connectivity index (χ1n) is 34.3. The van der Waals surface area contributed by atoms with Crippen molar-refractivity contribution in [2.24, 2.45) is 4.99 Å². The number of carbonyl (C=O) groups excluding carboxylic acids is 4. The summed E-state index contributed by atoms with van der Waals surface area (Å²) in [6.45, 7) is 0.804. The Kier molecular flexibility index (Phi) is 25.6. The number of benzene rings is 6. The van der Waals surface area contributed by atoms with Gasteiger partial charge < -0.3 is 94.0 Å². The molecule has 0 bridgehead atoms. The number of unbranched alkanes of at least 4 members (excludes halogenated alkanes) is 2. The lowest BCUT2D eigenvalue weighted by Crippen LogP contribution is -2.29. The lowest BCUT2D eigenvalue weighted by atomic mass is 9.88. The molecule has 2 aromatic heterocycles. The van der Waals surface area contributed by atoms with Crippen molar-refractivity contribution in [3.8, 4) is 62.5 Å². The van der Waals surface area contributed by atoms with E-state index in [0.717, 1.165) is 5.69 Å². The highest BCUT2D eigenvalue weighted by atomic mass is 31.3. The van der Waals surface area contributed by atoms with E-state index in [-0.39, 0.29) is 130 Å². The second kappa shape index (κ2) is 34.8. The quantitative estimate of drug-likeness (QED) is 0.00916. The minimum absolute atomic E-state index is 0.0131. The molecule has 0 radical (unpaired) electrons. The van der Waals surface area contributed by atoms with Crippen molar-refractivity contribution in [2.45, 2.75) is 83.7 Å². The third kappa shape index (κ3) is 19.5. The molecule has 40 heteroatoms. The lowest BCUT2D eigenvalue weighted by molar-refractivity contribution is -0.254. The molecule has 6 aromatic rings. The monoisotopic (exact) mass is 1610 g/mol. The van der Waals surface area contributed by atoms with Gasteiger partial charge in [-0.1, -0.05) is 42.5 Å². The smallest absolute Gasteiger partial charge is 0.336 e. The summed E-state index contributed by atoms with van der Waals surface area (Å²) in [5.41, 5.74) is 9.04. The molecule has 1 saturated heterocycles. The predicted octanol–water partition coefficient (Wildman–Crippen LogP) is 6.93. The summed E-state index contributed by atoms with van der Waals surface area (Å²) < 4.78 is 86.7. The number of nitrogens with one attached hydrogen (secondary N) is 4. The number of hydrogen-bond acceptors (Lipinski definition) is 29. The van der Waals surface area contributed by atoms with Crippen molar-refractivity contribution >= 4 is 111 Å². The van der Waals surface area contributed by atoms with Gasteiger partial charge in [0.25, 0.3) is 37.2 Å². The number of ether oxygens (including phenoxy) is 1. The number of carboxylic acids is 2. The molecular weight excluding hydrogens is 1540 g/mol. The number of anilines is 2. The van der Waals surface area contributed by atoms with Gasteiger partial charge in [-0.3, -0.25) is 47.2 Å². The number of carbonyl (C=O) groups is 6. The van der Waals surface area contributed by atoms with Gasteiger partial charge in [-0.15, -0.1) is 0 Å². The maximum absolute atomic E-state index is 14.3. The van der Waals surface area contributed by atoms with E-state index in [1.165, 1.54) is 71.7 Å². The van der Waals surface area contributed by atoms with Crippen LogP contribution in [0.15, 0.2) is 134 Å². The molecule has 5 heterocycles. The molecule has 36 nitrogen and oxygen atoms in total. The van der Waals surface area contributed by atoms with Gasteiger partial charge in [0.2, 0.25) is 17.7 Å². The van der Waals surface area contributed by atoms with Crippen LogP contribution in [0.25, 0.3) is 77.9 Å². The number of nitrogens with two attached hydrogens (primary N) is 1. The van der Waals surface area contributed by atoms with Gasteiger partial charge in [-0.25, -0.2) is 32.5 Å². The zero-order valence-corrected chi connectivity index (χ0v) is 63.4. The van der Waals surface area contributed by atoms with Gasteiger partial charge in [0.05, 0.1) is 70.9 Å². The standard InChI is InChI=1S/C72H74N10O26P4/c1-5-74-42-17-21-48-57(33-42)104-58-34-43(81(2)3)18-22-49(58)64(48)46-20-16-40(32-52(46)72(91)92)70(88)78-36-54-56(84)26-24-51-65(45-13-8-9-14-47(45)71(89)90)50-23-25-55(83)53(66(50)105-67(51)54)35-77-61(87)28-27-60(86)75-30-10-6-7-15-59(85)76-31-11-12-41-37-82(69-63(41)68(73)79-39-80-69)62-29-19-44(103-62)38-102-110(95,96)107-112(99,100)108-111(97,98)106-109(93,94)101-4/h8-9,13-14,16-18,20-26,32-34,37,39,44,62,84H,5-7,10,15,19,27-31,35-36,38H2,1-4H3,(H,75,86)(H,76,85)(H,77,87)(H,78,88)(H,89,90)(H,91,92)(H,93,94)(H,95,96)(H,97,98)(H,99,100)(H2,73,79,80)/p-4/t44-,62+/m0/s1. The average molecular weight is 1620 g/mol. The molecule has 3 aliphatic heterocycles. The van der Waals surface area contributed by atoms with Crippen molar-refractivity contribution in [2.75, 3.05) is 58.1 Å². The number of nitrogens with zero attached hydrogens (tertiary/aromatic N) is 5. The van der Waals surface area contributed by atoms with Gasteiger partial charge in [0.15, 0.2) is 5.43 Å². The summed E-state index contributed by atoms with van der Waals surface area (Å²) in [6.07, 6.45) is 2.15. The lowest BCUT2D eigenvalue weighted by Gasteiger charge is -2.36. The van der Waals surface area contributed by atoms with Gasteiger partial charge in [-0.2, -0.15) is 0 Å². The Bertz CT molecular complexity index is 5720. The summed E-state index contributed by atoms with van der Waals surface area (Å²) >= 11 is 0. The number of aromatic hydroxyl groups is 1. The highest BCUT2D eigenvalue weighted by Gasteiger charge is 2.34. The normalized spacial score (nSPS) is 15.9. The summed E-state index contributed by atoms with van der Waals surface area (Å²) in [7, 11) is -20.0. The number of rotatable bonds is 32. The second-order valence-electron chi connectivity index (χ2n) is 25.4. The number of fused-ring (bicyclic) bond motifs is 5. The van der Waals surface area contributed by atoms with E-state index in [1.54, 1.807) is 30.3 Å². The zero-order valence-electron chi connectivity index (χ0n) is 59.9. The molecule has 0 saturated carbocycles. The molecule has 2 aliphatic carbocycles. The first-order valence-corrected chi connectivity index (χ1v) is 40.1. The van der Waals surface area contributed by atoms with Crippen LogP contribution in [0, 0.1) is 11.8 Å². The van der Waals surface area contributed by atoms with Crippen LogP contribution in [-0.2, 0) is 72.4 Å². The second-order valence-corrected chi connectivity index (χ2v) is 31.5. The van der Waals surface area contributed by atoms with Crippen LogP contribution in [-0.4, -0.2) is 119 Å². The van der Waals surface area contributed by atoms with Crippen LogP contribution in [0.5, 0.6) is 5.75 Å². The highest BCUT2D eigenvalue weighted by Crippen LogP contribution is 2.67. The number of aromatic carboxylic acids is 2. The van der Waals surface area contributed by atoms with E-state index in [1.807, 2.05) is 44.1 Å². The maximum Gasteiger partial charge on any atom is 0.336 e. The first-order chi connectivity index (χ1) is 53.2. The van der Waals surface area contributed by atoms with E-state index in [9.17, 15) is 86.7 Å². The third-order valence-electron chi connectivity index (χ3n) is 17.7. The molecule has 6 atom stereocenters. The maximum atomic E-state index is 14.3. The molecule has 4 unspecified atom stereocenters. The molecule has 588 valence electrons. The number of phosphoric acid groups is 4. The number of phenolic OH excluding ortho intramolecular Hbond substituents is 1. The fourth-order valence-corrected chi connectivity index (χ4v) is 17.0. The van der Waals surface area contributed by atoms with E-state index < -0.39 is 98.4 Å². The van der Waals surface area contributed by atoms with Gasteiger partial charge in [-0.05, 0) is 110 Å². The van der Waals surface area contributed by atoms with Crippen molar-refractivity contribution < 1.29 is 117 Å². The van der Waals surface area contributed by atoms with Crippen LogP contribution >= 0.6 is 31.3 Å². The Labute approximate surface area is 635 Å². The van der Waals surface area contributed by atoms with Gasteiger partial charge in [0, 0.05) is 116 Å². The topological polar surface area (TPSA) is 543 Å². The Morgan fingerprint density at radius 2 is 1.38 bits per heavy atom. The third-order valence-corrected chi connectivity index (χ3v) is 23.4. The largest absolute Gasteiger partial charge is 0.756 e. The molecule has 5 aliphatic rings. The van der Waals surface area contributed by atoms with Crippen LogP contribution in [0.1, 0.15) is 112 Å². The number of carboxylic acid groups (broad SMARTS) is 2. The van der Waals surface area contributed by atoms with Crippen molar-refractivity contribution in [1.29, 1.82) is 0 Å². The van der Waals surface area contributed by atoms with Crippen LogP contribution < -0.4 is 62.3 Å². The van der Waals surface area contributed by atoms with E-state index in [0.29, 0.717) is 82.6 Å². The zero-order chi connectivity index (χ0) is 80.6. The number of hydrogen-bond donors (Lipinski definition) is 8. The number of phenols is 1. The fourth-order valence-electron chi connectivity index (χ4n) is 12.5. The SMILES string of the molecule is CCN=c1ccc2c(-c3ccc(C(=O)NCc4c(O)ccc5c(-c6ccccc6C(=O)O)c6ccc(=O)c(CNC(=O)CCC(=O)NCCCCCC(=O)NCC#Cc7cn([C@H]8CC[C@@H](COP(=O)([O-])OP(=O)([O-])OP(=O)([O-])OP(=O)([O-])OC)O8)c8ncnc(N)c78)c-6oc45)cc3C(=O)O)c3ccc(N(C)C)cc3oc-2c1. The molecule has 0 spiro atoms. The van der Waals surface area contributed by atoms with Crippen LogP contribution in [0.2, 0.25) is 0 Å². The Morgan fingerprint density at radius 3 is 2.11 bits per heavy atom. The molecule has 4 amide bonds. The van der Waals surface area contributed by atoms with Crippen molar-refractivity contribution in [3.63, 3.8) is 0 Å². The van der Waals surface area contributed by atoms with Crippen molar-refractivity contribution in [3.05, 3.63) is 165 Å². The number of aromatic nitrogens is 3. The molecular formula is C72H70N10O26P4-4. The Morgan fingerprint density at radius 1 is 0.705 bits per heavy atom. The minimum Gasteiger partial charge on any atom is -0.756 e. The van der Waals surface area contributed by atoms with E-state index >= 15 is 0 Å². The molecule has 1 fully saturated rings. The van der Waals surface area contributed by atoms with Gasteiger partial charge in [0.1, 0.15) is 52.5 Å². The molecule has 9 N–H and O–H groups in total. The minimum atomic E-state index is -6.38. The first kappa shape index (κ1) is 82.1. The van der Waals surface area contributed by atoms with Crippen LogP contribution in [0.3, 0.4) is 0 Å². The Balaban J connectivity index is 0.682. The average Bonchev–Trinajstić information content (AvgIpc) is 1.02. The molecule has 4 aromatic carbocycles. The van der Waals surface area contributed by atoms with E-state index in [4.69, 9.17) is 19.3 Å². The van der Waals surface area contributed by atoms with Gasteiger partial charge >= 0.3 is 11.9 Å². The highest BCUT2D eigenvalue weighted by molar-refractivity contribution is 7.68. The summed E-state index contributed by atoms with van der Waals surface area (Å²) in [5.74, 6) is 0.967. The molecule has 112 heavy (non-hydrogen) atoms. The number of nitrogen functional groups attached to an aromatic ring is 1. The van der Waals surface area contributed by atoms with E-state index in [2.05, 4.69) is 70.0 Å². The fraction of sp³-hybridized carbons (Fsp3) is 0.278. The van der Waals surface area contributed by atoms with Crippen molar-refractivity contribution in [1.82, 2.24) is 35.8 Å². The summed E-state index contributed by atoms with van der Waals surface area (Å²) in [4.78, 5) is 155.